The second kappa shape index (κ2) is 6.21. The lowest BCUT2D eigenvalue weighted by atomic mass is 10.2. The number of carbonyl (C=O) groups is 1. The third-order valence-electron chi connectivity index (χ3n) is 2.84. The van der Waals surface area contributed by atoms with E-state index in [1.165, 1.54) is 18.5 Å². The molecule has 0 unspecified atom stereocenters. The summed E-state index contributed by atoms with van der Waals surface area (Å²) in [5, 5.41) is 3.30. The molecule has 22 heavy (non-hydrogen) atoms. The summed E-state index contributed by atoms with van der Waals surface area (Å²) >= 11 is 7.00. The van der Waals surface area contributed by atoms with Gasteiger partial charge in [0.1, 0.15) is 15.7 Å². The standard InChI is InChI=1S/C15H9ClFN3OS/c16-13-11(6-3-7-18-13)20-14(21)12-8-19-15(22-12)9-4-1-2-5-10(9)17/h1-8H,(H,20,21). The molecular formula is C15H9ClFN3OS. The molecule has 2 heterocycles. The highest BCUT2D eigenvalue weighted by molar-refractivity contribution is 7.17. The molecule has 1 N–H and O–H groups in total. The van der Waals surface area contributed by atoms with Crippen molar-refractivity contribution >= 4 is 34.5 Å². The van der Waals surface area contributed by atoms with E-state index in [2.05, 4.69) is 15.3 Å². The first-order valence-corrected chi connectivity index (χ1v) is 7.47. The van der Waals surface area contributed by atoms with Gasteiger partial charge in [0.2, 0.25) is 0 Å². The van der Waals surface area contributed by atoms with Gasteiger partial charge >= 0.3 is 0 Å². The zero-order chi connectivity index (χ0) is 15.5. The van der Waals surface area contributed by atoms with Crippen LogP contribution in [0.4, 0.5) is 10.1 Å². The Kier molecular flexibility index (Phi) is 4.13. The van der Waals surface area contributed by atoms with Gasteiger partial charge < -0.3 is 5.32 Å². The number of hydrogen-bond donors (Lipinski definition) is 1. The van der Waals surface area contributed by atoms with E-state index in [1.807, 2.05) is 0 Å². The van der Waals surface area contributed by atoms with Gasteiger partial charge in [-0.05, 0) is 24.3 Å². The molecule has 0 fully saturated rings. The molecule has 3 aromatic rings. The number of carbonyl (C=O) groups excluding carboxylic acids is 1. The average Bonchev–Trinajstić information content (AvgIpc) is 3.00. The van der Waals surface area contributed by atoms with Gasteiger partial charge in [-0.25, -0.2) is 14.4 Å². The third-order valence-corrected chi connectivity index (χ3v) is 4.17. The molecule has 0 radical (unpaired) electrons. The van der Waals surface area contributed by atoms with E-state index < -0.39 is 0 Å². The fraction of sp³-hybridized carbons (Fsp3) is 0. The van der Waals surface area contributed by atoms with Crippen molar-refractivity contribution in [2.75, 3.05) is 5.32 Å². The highest BCUT2D eigenvalue weighted by Crippen LogP contribution is 2.28. The fourth-order valence-electron chi connectivity index (χ4n) is 1.80. The van der Waals surface area contributed by atoms with Crippen LogP contribution in [-0.4, -0.2) is 15.9 Å². The smallest absolute Gasteiger partial charge is 0.267 e. The number of benzene rings is 1. The van der Waals surface area contributed by atoms with Gasteiger partial charge in [-0.3, -0.25) is 4.79 Å². The lowest BCUT2D eigenvalue weighted by Gasteiger charge is -2.03. The lowest BCUT2D eigenvalue weighted by molar-refractivity contribution is 0.103. The summed E-state index contributed by atoms with van der Waals surface area (Å²) in [6.45, 7) is 0. The minimum absolute atomic E-state index is 0.203. The summed E-state index contributed by atoms with van der Waals surface area (Å²) in [5.41, 5.74) is 0.779. The molecule has 0 aliphatic rings. The number of hydrogen-bond acceptors (Lipinski definition) is 4. The van der Waals surface area contributed by atoms with Gasteiger partial charge in [0.15, 0.2) is 5.15 Å². The molecule has 1 aromatic carbocycles. The first-order chi connectivity index (χ1) is 10.6. The minimum Gasteiger partial charge on any atom is -0.319 e. The third kappa shape index (κ3) is 2.98. The van der Waals surface area contributed by atoms with Gasteiger partial charge in [0.05, 0.1) is 11.9 Å². The van der Waals surface area contributed by atoms with E-state index in [9.17, 15) is 9.18 Å². The Morgan fingerprint density at radius 1 is 1.18 bits per heavy atom. The van der Waals surface area contributed by atoms with Crippen LogP contribution in [0.15, 0.2) is 48.8 Å². The second-order valence-electron chi connectivity index (χ2n) is 4.31. The molecule has 0 aliphatic heterocycles. The predicted octanol–water partition coefficient (Wildman–Crippen LogP) is 4.25. The van der Waals surface area contributed by atoms with Crippen molar-refractivity contribution in [1.82, 2.24) is 9.97 Å². The Morgan fingerprint density at radius 3 is 2.77 bits per heavy atom. The average molecular weight is 334 g/mol. The maximum atomic E-state index is 13.7. The van der Waals surface area contributed by atoms with E-state index in [-0.39, 0.29) is 16.9 Å². The lowest BCUT2D eigenvalue weighted by Crippen LogP contribution is -2.10. The SMILES string of the molecule is O=C(Nc1cccnc1Cl)c1cnc(-c2ccccc2F)s1. The van der Waals surface area contributed by atoms with Crippen molar-refractivity contribution in [1.29, 1.82) is 0 Å². The zero-order valence-corrected chi connectivity index (χ0v) is 12.7. The molecular weight excluding hydrogens is 325 g/mol. The molecule has 0 bridgehead atoms. The molecule has 4 nitrogen and oxygen atoms in total. The van der Waals surface area contributed by atoms with Crippen molar-refractivity contribution < 1.29 is 9.18 Å². The molecule has 3 rings (SSSR count). The molecule has 2 aromatic heterocycles. The molecule has 0 saturated heterocycles. The highest BCUT2D eigenvalue weighted by Gasteiger charge is 2.15. The topological polar surface area (TPSA) is 54.9 Å². The predicted molar refractivity (Wildman–Crippen MR) is 84.7 cm³/mol. The van der Waals surface area contributed by atoms with E-state index >= 15 is 0 Å². The Balaban J connectivity index is 1.84. The van der Waals surface area contributed by atoms with Crippen molar-refractivity contribution in [2.45, 2.75) is 0 Å². The van der Waals surface area contributed by atoms with Crippen LogP contribution < -0.4 is 5.32 Å². The summed E-state index contributed by atoms with van der Waals surface area (Å²) in [7, 11) is 0. The van der Waals surface area contributed by atoms with Crippen LogP contribution in [0.5, 0.6) is 0 Å². The van der Waals surface area contributed by atoms with Crippen LogP contribution in [0.3, 0.4) is 0 Å². The van der Waals surface area contributed by atoms with E-state index in [1.54, 1.807) is 30.3 Å². The molecule has 1 amide bonds. The van der Waals surface area contributed by atoms with Gasteiger partial charge in [-0.1, -0.05) is 23.7 Å². The second-order valence-corrected chi connectivity index (χ2v) is 5.69. The molecule has 0 aliphatic carbocycles. The number of nitrogens with one attached hydrogen (secondary N) is 1. The highest BCUT2D eigenvalue weighted by atomic mass is 35.5. The number of thiazole rings is 1. The number of pyridine rings is 1. The monoisotopic (exact) mass is 333 g/mol. The van der Waals surface area contributed by atoms with Crippen LogP contribution in [0.25, 0.3) is 10.6 Å². The maximum absolute atomic E-state index is 13.7. The number of anilines is 1. The van der Waals surface area contributed by atoms with Crippen molar-refractivity contribution in [2.24, 2.45) is 0 Å². The summed E-state index contributed by atoms with van der Waals surface area (Å²) in [5.74, 6) is -0.742. The number of nitrogens with zero attached hydrogens (tertiary/aromatic N) is 2. The van der Waals surface area contributed by atoms with Crippen LogP contribution in [-0.2, 0) is 0 Å². The Morgan fingerprint density at radius 2 is 2.00 bits per heavy atom. The van der Waals surface area contributed by atoms with Crippen molar-refractivity contribution in [3.8, 4) is 10.6 Å². The van der Waals surface area contributed by atoms with Gasteiger partial charge in [-0.2, -0.15) is 0 Å². The van der Waals surface area contributed by atoms with Crippen LogP contribution >= 0.6 is 22.9 Å². The Bertz CT molecular complexity index is 837. The van der Waals surface area contributed by atoms with Crippen LogP contribution in [0.2, 0.25) is 5.15 Å². The van der Waals surface area contributed by atoms with Gasteiger partial charge in [0.25, 0.3) is 5.91 Å². The molecule has 110 valence electrons. The minimum atomic E-state index is -0.376. The molecule has 7 heteroatoms. The summed E-state index contributed by atoms with van der Waals surface area (Å²) in [6.07, 6.45) is 2.94. The van der Waals surface area contributed by atoms with E-state index in [4.69, 9.17) is 11.6 Å². The summed E-state index contributed by atoms with van der Waals surface area (Å²) < 4.78 is 13.7. The van der Waals surface area contributed by atoms with Gasteiger partial charge in [-0.15, -0.1) is 11.3 Å². The van der Waals surface area contributed by atoms with Gasteiger partial charge in [0, 0.05) is 11.8 Å². The van der Waals surface area contributed by atoms with Crippen molar-refractivity contribution in [3.63, 3.8) is 0 Å². The molecule has 0 spiro atoms. The summed E-state index contributed by atoms with van der Waals surface area (Å²) in [6, 6.07) is 9.60. The molecule has 0 saturated carbocycles. The number of rotatable bonds is 3. The Labute approximate surface area is 134 Å². The van der Waals surface area contributed by atoms with Crippen LogP contribution in [0.1, 0.15) is 9.67 Å². The first-order valence-electron chi connectivity index (χ1n) is 6.28. The molecule has 0 atom stereocenters. The first kappa shape index (κ1) is 14.6. The summed E-state index contributed by atoms with van der Waals surface area (Å²) in [4.78, 5) is 20.5. The van der Waals surface area contributed by atoms with E-state index in [0.717, 1.165) is 11.3 Å². The maximum Gasteiger partial charge on any atom is 0.267 e. The number of halogens is 2. The largest absolute Gasteiger partial charge is 0.319 e. The zero-order valence-electron chi connectivity index (χ0n) is 11.1. The van der Waals surface area contributed by atoms with E-state index in [0.29, 0.717) is 21.1 Å². The fourth-order valence-corrected chi connectivity index (χ4v) is 2.81. The number of aromatic nitrogens is 2. The quantitative estimate of drug-likeness (QED) is 0.729. The number of amides is 1. The van der Waals surface area contributed by atoms with Crippen molar-refractivity contribution in [3.05, 3.63) is 64.6 Å². The Hall–Kier alpha value is -2.31. The van der Waals surface area contributed by atoms with Crippen LogP contribution in [0, 0.1) is 5.82 Å². The normalized spacial score (nSPS) is 10.5.